The number of anilines is 2. The van der Waals surface area contributed by atoms with E-state index in [-0.39, 0.29) is 36.7 Å². The molecular weight excluding hydrogens is 624 g/mol. The molecule has 1 saturated carbocycles. The second kappa shape index (κ2) is 17.2. The molecule has 3 unspecified atom stereocenters. The van der Waals surface area contributed by atoms with Crippen LogP contribution < -0.4 is 20.3 Å². The summed E-state index contributed by atoms with van der Waals surface area (Å²) in [4.78, 5) is 57.6. The van der Waals surface area contributed by atoms with Gasteiger partial charge in [-0.2, -0.15) is 0 Å². The van der Waals surface area contributed by atoms with Crippen LogP contribution in [0.1, 0.15) is 101 Å². The lowest BCUT2D eigenvalue weighted by molar-refractivity contribution is -0.132. The number of likely N-dealkylation sites (tertiary alicyclic amines) is 1. The molecule has 1 aliphatic carbocycles. The molecule has 11 heteroatoms. The van der Waals surface area contributed by atoms with E-state index in [0.717, 1.165) is 37.9 Å². The summed E-state index contributed by atoms with van der Waals surface area (Å²) in [5.74, 6) is 0.765. The third-order valence-electron chi connectivity index (χ3n) is 8.88. The summed E-state index contributed by atoms with van der Waals surface area (Å²) in [6, 6.07) is 5.52. The van der Waals surface area contributed by atoms with Crippen LogP contribution in [0.3, 0.4) is 0 Å². The van der Waals surface area contributed by atoms with Gasteiger partial charge in [-0.15, -0.1) is 0 Å². The number of rotatable bonds is 12. The predicted molar refractivity (Wildman–Crippen MR) is 193 cm³/mol. The van der Waals surface area contributed by atoms with E-state index in [9.17, 15) is 19.2 Å². The lowest BCUT2D eigenvalue weighted by atomic mass is 9.86. The van der Waals surface area contributed by atoms with Crippen LogP contribution in [-0.4, -0.2) is 85.2 Å². The van der Waals surface area contributed by atoms with Gasteiger partial charge in [0.05, 0.1) is 11.6 Å². The van der Waals surface area contributed by atoms with Crippen molar-refractivity contribution >= 4 is 35.1 Å². The molecule has 0 bridgehead atoms. The second-order valence-corrected chi connectivity index (χ2v) is 15.8. The number of hydrogen-bond acceptors (Lipinski definition) is 8. The van der Waals surface area contributed by atoms with Gasteiger partial charge in [0, 0.05) is 50.5 Å². The number of amides is 3. The van der Waals surface area contributed by atoms with Crippen LogP contribution in [0.4, 0.5) is 16.2 Å². The van der Waals surface area contributed by atoms with Gasteiger partial charge in [-0.3, -0.25) is 14.4 Å². The van der Waals surface area contributed by atoms with E-state index in [1.54, 1.807) is 44.4 Å². The fourth-order valence-electron chi connectivity index (χ4n) is 6.46. The van der Waals surface area contributed by atoms with Crippen LogP contribution in [-0.2, 0) is 23.9 Å². The first-order valence-corrected chi connectivity index (χ1v) is 18.1. The van der Waals surface area contributed by atoms with E-state index in [1.165, 1.54) is 18.2 Å². The van der Waals surface area contributed by atoms with Crippen molar-refractivity contribution in [1.29, 1.82) is 0 Å². The summed E-state index contributed by atoms with van der Waals surface area (Å²) in [5, 5.41) is 0. The van der Waals surface area contributed by atoms with Crippen molar-refractivity contribution < 1.29 is 33.4 Å². The number of carbonyl (C=O) groups is 4. The molecule has 49 heavy (non-hydrogen) atoms. The number of piperidine rings is 1. The van der Waals surface area contributed by atoms with Crippen LogP contribution in [0, 0.1) is 23.7 Å². The summed E-state index contributed by atoms with van der Waals surface area (Å²) in [5.41, 5.74) is 5.33. The average Bonchev–Trinajstić information content (AvgIpc) is 3.84. The highest BCUT2D eigenvalue weighted by Crippen LogP contribution is 2.43. The average molecular weight is 687 g/mol. The highest BCUT2D eigenvalue weighted by Gasteiger charge is 2.44. The molecule has 2 heterocycles. The van der Waals surface area contributed by atoms with Crippen molar-refractivity contribution in [3.63, 3.8) is 0 Å². The van der Waals surface area contributed by atoms with E-state index < -0.39 is 29.1 Å². The van der Waals surface area contributed by atoms with Crippen molar-refractivity contribution in [2.75, 3.05) is 49.2 Å². The van der Waals surface area contributed by atoms with Crippen molar-refractivity contribution in [1.82, 2.24) is 4.90 Å². The highest BCUT2D eigenvalue weighted by atomic mass is 16.6. The quantitative estimate of drug-likeness (QED) is 0.275. The number of nitrogens with two attached hydrogens (primary N) is 1. The third kappa shape index (κ3) is 11.4. The normalized spacial score (nSPS) is 20.9. The molecule has 11 nitrogen and oxygen atoms in total. The van der Waals surface area contributed by atoms with E-state index in [1.807, 2.05) is 25.1 Å². The molecule has 2 aliphatic heterocycles. The largest absolute Gasteiger partial charge is 0.476 e. The molecule has 3 atom stereocenters. The Bertz CT molecular complexity index is 1300. The number of ketones is 1. The minimum absolute atomic E-state index is 0.0253. The molecule has 0 spiro atoms. The van der Waals surface area contributed by atoms with E-state index in [0.29, 0.717) is 43.1 Å². The first-order valence-electron chi connectivity index (χ1n) is 18.1. The Balaban J connectivity index is 0.000000565. The SMILES string of the molecule is CC(=O)C1CC(C(=O)N(c2ccc3c(c2)N(CCCN)C(=O)C(C)(C)O3)C2CC2)CN(C(=O)OC(C)(C)C)C1.CCOCC(C)CC(C)C. The number of hydrogen-bond donors (Lipinski definition) is 1. The Labute approximate surface area is 294 Å². The van der Waals surface area contributed by atoms with Crippen molar-refractivity contribution in [2.24, 2.45) is 29.4 Å². The Morgan fingerprint density at radius 1 is 1.10 bits per heavy atom. The minimum atomic E-state index is -1.01. The number of nitrogens with zero attached hydrogens (tertiary/aromatic N) is 3. The second-order valence-electron chi connectivity index (χ2n) is 15.8. The lowest BCUT2D eigenvalue weighted by Gasteiger charge is -2.40. The smallest absolute Gasteiger partial charge is 0.410 e. The zero-order valence-corrected chi connectivity index (χ0v) is 31.7. The third-order valence-corrected chi connectivity index (χ3v) is 8.88. The molecule has 1 aromatic rings. The van der Waals surface area contributed by atoms with Crippen LogP contribution in [0.25, 0.3) is 0 Å². The van der Waals surface area contributed by atoms with Crippen LogP contribution in [0.15, 0.2) is 18.2 Å². The molecule has 3 amide bonds. The number of benzene rings is 1. The molecule has 0 aromatic heterocycles. The Morgan fingerprint density at radius 2 is 1.76 bits per heavy atom. The predicted octanol–water partition coefficient (Wildman–Crippen LogP) is 6.20. The Hall–Kier alpha value is -3.18. The van der Waals surface area contributed by atoms with Gasteiger partial charge in [0.2, 0.25) is 5.91 Å². The number of fused-ring (bicyclic) bond motifs is 1. The van der Waals surface area contributed by atoms with E-state index >= 15 is 0 Å². The number of carbonyl (C=O) groups excluding carboxylic acids is 4. The van der Waals surface area contributed by atoms with Crippen molar-refractivity contribution in [3.05, 3.63) is 18.2 Å². The monoisotopic (exact) mass is 686 g/mol. The molecule has 276 valence electrons. The van der Waals surface area contributed by atoms with Gasteiger partial charge in [-0.1, -0.05) is 20.8 Å². The first-order chi connectivity index (χ1) is 22.9. The molecule has 2 N–H and O–H groups in total. The van der Waals surface area contributed by atoms with Gasteiger partial charge in [0.1, 0.15) is 17.1 Å². The molecule has 0 radical (unpaired) electrons. The summed E-state index contributed by atoms with van der Waals surface area (Å²) in [7, 11) is 0. The van der Waals surface area contributed by atoms with Crippen LogP contribution >= 0.6 is 0 Å². The van der Waals surface area contributed by atoms with Crippen LogP contribution in [0.5, 0.6) is 5.75 Å². The molecule has 4 rings (SSSR count). The Kier molecular flexibility index (Phi) is 14.1. The van der Waals surface area contributed by atoms with Gasteiger partial charge >= 0.3 is 6.09 Å². The summed E-state index contributed by atoms with van der Waals surface area (Å²) in [6.45, 7) is 22.2. The maximum absolute atomic E-state index is 14.1. The first kappa shape index (κ1) is 40.3. The maximum atomic E-state index is 14.1. The van der Waals surface area contributed by atoms with Gasteiger partial charge in [0.15, 0.2) is 5.60 Å². The van der Waals surface area contributed by atoms with Crippen molar-refractivity contribution in [3.8, 4) is 5.75 Å². The van der Waals surface area contributed by atoms with E-state index in [4.69, 9.17) is 19.9 Å². The van der Waals surface area contributed by atoms with E-state index in [2.05, 4.69) is 20.8 Å². The summed E-state index contributed by atoms with van der Waals surface area (Å²) in [6.07, 6.45) is 3.49. The zero-order valence-electron chi connectivity index (χ0n) is 31.7. The van der Waals surface area contributed by atoms with Gasteiger partial charge < -0.3 is 34.6 Å². The maximum Gasteiger partial charge on any atom is 0.410 e. The highest BCUT2D eigenvalue weighted by molar-refractivity contribution is 6.04. The molecule has 1 aromatic carbocycles. The summed E-state index contributed by atoms with van der Waals surface area (Å²) < 4.78 is 16.9. The molecular formula is C38H62N4O7. The Morgan fingerprint density at radius 3 is 2.31 bits per heavy atom. The molecule has 3 aliphatic rings. The summed E-state index contributed by atoms with van der Waals surface area (Å²) >= 11 is 0. The fraction of sp³-hybridized carbons (Fsp3) is 0.737. The lowest BCUT2D eigenvalue weighted by Crippen LogP contribution is -2.53. The standard InChI is InChI=1S/C29H42N4O6.C9H20O/c1-18(34)19-14-20(17-31(16-19)27(37)39-28(2,3)4)25(35)33(21-8-9-21)22-10-11-24-23(15-22)32(13-7-12-30)26(36)29(5,6)38-24;1-5-10-7-9(4)6-8(2)3/h10-11,15,19-21H,7-9,12-14,16-17,30H2,1-6H3;8-9H,5-7H2,1-4H3. The molecule has 2 fully saturated rings. The van der Waals surface area contributed by atoms with Gasteiger partial charge in [-0.05, 0) is 117 Å². The fourth-order valence-corrected chi connectivity index (χ4v) is 6.46. The van der Waals surface area contributed by atoms with Gasteiger partial charge in [0.25, 0.3) is 5.91 Å². The number of ether oxygens (including phenoxy) is 3. The van der Waals surface area contributed by atoms with Gasteiger partial charge in [-0.25, -0.2) is 4.79 Å². The molecule has 1 saturated heterocycles. The van der Waals surface area contributed by atoms with Crippen LogP contribution in [0.2, 0.25) is 0 Å². The van der Waals surface area contributed by atoms with Crippen molar-refractivity contribution in [2.45, 2.75) is 119 Å². The number of Topliss-reactive ketones (excluding diaryl/α,β-unsaturated/α-hetero) is 1. The minimum Gasteiger partial charge on any atom is -0.476 e. The topological polar surface area (TPSA) is 132 Å². The zero-order chi connectivity index (χ0) is 36.7.